The highest BCUT2D eigenvalue weighted by molar-refractivity contribution is 7.92. The van der Waals surface area contributed by atoms with E-state index < -0.39 is 21.8 Å². The molecule has 1 saturated heterocycles. The molecular formula is C16H18F3NO3S. The lowest BCUT2D eigenvalue weighted by Gasteiger charge is -2.27. The lowest BCUT2D eigenvalue weighted by atomic mass is 9.98. The van der Waals surface area contributed by atoms with Gasteiger partial charge in [0.2, 0.25) is 10.0 Å². The third-order valence-corrected chi connectivity index (χ3v) is 5.83. The number of hydrogen-bond acceptors (Lipinski definition) is 3. The van der Waals surface area contributed by atoms with Crippen molar-refractivity contribution >= 4 is 10.0 Å². The summed E-state index contributed by atoms with van der Waals surface area (Å²) >= 11 is 0. The highest BCUT2D eigenvalue weighted by atomic mass is 32.2. The molecule has 0 bridgehead atoms. The highest BCUT2D eigenvalue weighted by Crippen LogP contribution is 2.32. The third-order valence-electron chi connectivity index (χ3n) is 4.30. The van der Waals surface area contributed by atoms with Gasteiger partial charge in [-0.3, -0.25) is 0 Å². The van der Waals surface area contributed by atoms with Crippen molar-refractivity contribution in [2.75, 3.05) is 13.2 Å². The van der Waals surface area contributed by atoms with Crippen molar-refractivity contribution in [2.45, 2.75) is 38.1 Å². The molecule has 1 aromatic rings. The fraction of sp³-hybridized carbons (Fsp3) is 0.500. The Kier molecular flexibility index (Phi) is 4.72. The second kappa shape index (κ2) is 6.50. The molecule has 1 unspecified atom stereocenters. The van der Waals surface area contributed by atoms with Gasteiger partial charge in [0.05, 0.1) is 11.7 Å². The van der Waals surface area contributed by atoms with Gasteiger partial charge in [0, 0.05) is 25.1 Å². The van der Waals surface area contributed by atoms with Crippen molar-refractivity contribution < 1.29 is 26.3 Å². The van der Waals surface area contributed by atoms with Gasteiger partial charge >= 0.3 is 6.18 Å². The number of halogens is 3. The fourth-order valence-corrected chi connectivity index (χ4v) is 4.16. The standard InChI is InChI=1S/C16H18F3NO3S/c17-16(18,19)14-4-3-13-11-20(7-5-12(13)10-14)24(21,22)9-6-15-2-1-8-23-15/h3-4,6,9-10,15H,1-2,5,7-8,11H2. The minimum absolute atomic E-state index is 0.0890. The molecule has 1 fully saturated rings. The predicted molar refractivity (Wildman–Crippen MR) is 82.6 cm³/mol. The molecule has 2 aliphatic rings. The molecule has 0 N–H and O–H groups in total. The van der Waals surface area contributed by atoms with Gasteiger partial charge < -0.3 is 4.74 Å². The number of nitrogens with zero attached hydrogens (tertiary/aromatic N) is 1. The predicted octanol–water partition coefficient (Wildman–Crippen LogP) is 3.09. The summed E-state index contributed by atoms with van der Waals surface area (Å²) in [6, 6.07) is 3.47. The minimum Gasteiger partial charge on any atom is -0.374 e. The van der Waals surface area contributed by atoms with Gasteiger partial charge in [-0.05, 0) is 48.6 Å². The van der Waals surface area contributed by atoms with E-state index >= 15 is 0 Å². The van der Waals surface area contributed by atoms with Gasteiger partial charge in [-0.15, -0.1) is 0 Å². The Balaban J connectivity index is 1.74. The zero-order valence-electron chi connectivity index (χ0n) is 12.9. The van der Waals surface area contributed by atoms with Crippen LogP contribution in [0.4, 0.5) is 13.2 Å². The smallest absolute Gasteiger partial charge is 0.374 e. The first kappa shape index (κ1) is 17.4. The summed E-state index contributed by atoms with van der Waals surface area (Å²) < 4.78 is 69.6. The van der Waals surface area contributed by atoms with Gasteiger partial charge in [-0.2, -0.15) is 17.5 Å². The molecule has 3 rings (SSSR count). The van der Waals surface area contributed by atoms with E-state index in [9.17, 15) is 21.6 Å². The molecule has 0 aliphatic carbocycles. The van der Waals surface area contributed by atoms with Crippen LogP contribution in [0.15, 0.2) is 29.7 Å². The molecule has 0 saturated carbocycles. The summed E-state index contributed by atoms with van der Waals surface area (Å²) in [6.07, 6.45) is -1.03. The third kappa shape index (κ3) is 3.81. The number of benzene rings is 1. The Morgan fingerprint density at radius 2 is 2.04 bits per heavy atom. The van der Waals surface area contributed by atoms with Crippen molar-refractivity contribution in [3.63, 3.8) is 0 Å². The molecule has 2 aliphatic heterocycles. The van der Waals surface area contributed by atoms with Crippen LogP contribution in [0.25, 0.3) is 0 Å². The van der Waals surface area contributed by atoms with Crippen LogP contribution in [0, 0.1) is 0 Å². The molecule has 132 valence electrons. The maximum Gasteiger partial charge on any atom is 0.416 e. The average Bonchev–Trinajstić information content (AvgIpc) is 3.04. The van der Waals surface area contributed by atoms with Gasteiger partial charge in [-0.1, -0.05) is 6.07 Å². The maximum atomic E-state index is 12.7. The zero-order chi connectivity index (χ0) is 17.4. The van der Waals surface area contributed by atoms with Crippen LogP contribution in [0.1, 0.15) is 29.5 Å². The summed E-state index contributed by atoms with van der Waals surface area (Å²) in [4.78, 5) is 0. The maximum absolute atomic E-state index is 12.7. The molecule has 0 radical (unpaired) electrons. The molecule has 0 amide bonds. The Bertz CT molecular complexity index is 737. The second-order valence-electron chi connectivity index (χ2n) is 5.99. The molecule has 8 heteroatoms. The van der Waals surface area contributed by atoms with Crippen LogP contribution in [-0.4, -0.2) is 32.0 Å². The summed E-state index contributed by atoms with van der Waals surface area (Å²) in [7, 11) is -3.60. The number of fused-ring (bicyclic) bond motifs is 1. The Hall–Kier alpha value is -1.38. The van der Waals surface area contributed by atoms with Crippen molar-refractivity contribution in [1.29, 1.82) is 0 Å². The van der Waals surface area contributed by atoms with Crippen LogP contribution < -0.4 is 0 Å². The monoisotopic (exact) mass is 361 g/mol. The second-order valence-corrected chi connectivity index (χ2v) is 7.81. The molecule has 0 aromatic heterocycles. The molecule has 4 nitrogen and oxygen atoms in total. The number of hydrogen-bond donors (Lipinski definition) is 0. The summed E-state index contributed by atoms with van der Waals surface area (Å²) in [5.41, 5.74) is 0.471. The Morgan fingerprint density at radius 1 is 1.25 bits per heavy atom. The largest absolute Gasteiger partial charge is 0.416 e. The van der Waals surface area contributed by atoms with E-state index in [1.54, 1.807) is 6.08 Å². The van der Waals surface area contributed by atoms with Crippen LogP contribution >= 0.6 is 0 Å². The molecule has 1 atom stereocenters. The topological polar surface area (TPSA) is 46.6 Å². The van der Waals surface area contributed by atoms with Crippen LogP contribution in [-0.2, 0) is 33.9 Å². The van der Waals surface area contributed by atoms with Crippen molar-refractivity contribution in [3.05, 3.63) is 46.4 Å². The van der Waals surface area contributed by atoms with Gasteiger partial charge in [0.15, 0.2) is 0 Å². The van der Waals surface area contributed by atoms with E-state index in [0.29, 0.717) is 17.7 Å². The Labute approximate surface area is 139 Å². The number of rotatable bonds is 3. The number of alkyl halides is 3. The van der Waals surface area contributed by atoms with Crippen molar-refractivity contribution in [2.24, 2.45) is 0 Å². The first-order chi connectivity index (χ1) is 11.3. The lowest BCUT2D eigenvalue weighted by Crippen LogP contribution is -2.35. The van der Waals surface area contributed by atoms with E-state index in [1.807, 2.05) is 0 Å². The molecule has 2 heterocycles. The van der Waals surface area contributed by atoms with Gasteiger partial charge in [0.1, 0.15) is 0 Å². The lowest BCUT2D eigenvalue weighted by molar-refractivity contribution is -0.137. The summed E-state index contributed by atoms with van der Waals surface area (Å²) in [5, 5.41) is 1.15. The first-order valence-corrected chi connectivity index (χ1v) is 9.25. The summed E-state index contributed by atoms with van der Waals surface area (Å²) in [5.74, 6) is 0. The van der Waals surface area contributed by atoms with Crippen molar-refractivity contribution in [1.82, 2.24) is 4.31 Å². The molecule has 0 spiro atoms. The fourth-order valence-electron chi connectivity index (χ4n) is 2.95. The normalized spacial score (nSPS) is 22.9. The molecule has 24 heavy (non-hydrogen) atoms. The van der Waals surface area contributed by atoms with Gasteiger partial charge in [-0.25, -0.2) is 8.42 Å². The van der Waals surface area contributed by atoms with E-state index in [1.165, 1.54) is 10.4 Å². The zero-order valence-corrected chi connectivity index (χ0v) is 13.7. The first-order valence-electron chi connectivity index (χ1n) is 7.75. The molecular weight excluding hydrogens is 343 g/mol. The minimum atomic E-state index is -4.39. The SMILES string of the molecule is O=S(=O)(C=CC1CCCO1)N1CCc2cc(C(F)(F)F)ccc2C1. The van der Waals surface area contributed by atoms with Crippen molar-refractivity contribution in [3.8, 4) is 0 Å². The Morgan fingerprint density at radius 3 is 2.71 bits per heavy atom. The average molecular weight is 361 g/mol. The number of ether oxygens (including phenoxy) is 1. The highest BCUT2D eigenvalue weighted by Gasteiger charge is 2.32. The van der Waals surface area contributed by atoms with Crippen LogP contribution in [0.2, 0.25) is 0 Å². The molecule has 1 aromatic carbocycles. The van der Waals surface area contributed by atoms with E-state index in [2.05, 4.69) is 0 Å². The van der Waals surface area contributed by atoms with E-state index in [4.69, 9.17) is 4.74 Å². The van der Waals surface area contributed by atoms with E-state index in [0.717, 1.165) is 30.4 Å². The van der Waals surface area contributed by atoms with Crippen LogP contribution in [0.3, 0.4) is 0 Å². The van der Waals surface area contributed by atoms with E-state index in [-0.39, 0.29) is 25.6 Å². The van der Waals surface area contributed by atoms with Crippen LogP contribution in [0.5, 0.6) is 0 Å². The quantitative estimate of drug-likeness (QED) is 0.831. The van der Waals surface area contributed by atoms with Gasteiger partial charge in [0.25, 0.3) is 0 Å². The summed E-state index contributed by atoms with van der Waals surface area (Å²) in [6.45, 7) is 0.895. The number of sulfonamides is 1.